The van der Waals surface area contributed by atoms with E-state index in [4.69, 9.17) is 0 Å². The molecule has 13 heteroatoms. The predicted molar refractivity (Wildman–Crippen MR) is 139 cm³/mol. The maximum Gasteiger partial charge on any atom is 0.421 e. The number of nitrogens with zero attached hydrogens (tertiary/aromatic N) is 3. The van der Waals surface area contributed by atoms with Crippen LogP contribution in [0.2, 0.25) is 0 Å². The van der Waals surface area contributed by atoms with Crippen molar-refractivity contribution >= 4 is 33.0 Å². The maximum absolute atomic E-state index is 13.3. The molecule has 2 aliphatic heterocycles. The monoisotopic (exact) mass is 574 g/mol. The van der Waals surface area contributed by atoms with Crippen LogP contribution < -0.4 is 10.2 Å². The molecular formula is C25H33F3N4O4S2. The van der Waals surface area contributed by atoms with E-state index in [9.17, 15) is 31.5 Å². The van der Waals surface area contributed by atoms with Crippen LogP contribution in [0.15, 0.2) is 46.0 Å². The Labute approximate surface area is 225 Å². The first-order valence-corrected chi connectivity index (χ1v) is 14.8. The van der Waals surface area contributed by atoms with Crippen LogP contribution in [0.5, 0.6) is 0 Å². The first-order valence-electron chi connectivity index (χ1n) is 12.4. The number of carbonyl (C=O) groups excluding carboxylic acids is 1. The lowest BCUT2D eigenvalue weighted by Gasteiger charge is -2.46. The van der Waals surface area contributed by atoms with Gasteiger partial charge in [-0.2, -0.15) is 17.5 Å². The summed E-state index contributed by atoms with van der Waals surface area (Å²) in [5.74, 6) is -0.0439. The summed E-state index contributed by atoms with van der Waals surface area (Å²) in [4.78, 5) is 16.7. The van der Waals surface area contributed by atoms with Gasteiger partial charge in [0.05, 0.1) is 12.1 Å². The van der Waals surface area contributed by atoms with Gasteiger partial charge in [0.15, 0.2) is 5.60 Å². The lowest BCUT2D eigenvalue weighted by atomic mass is 9.95. The van der Waals surface area contributed by atoms with Crippen LogP contribution in [0.4, 0.5) is 18.9 Å². The van der Waals surface area contributed by atoms with Crippen LogP contribution in [0.3, 0.4) is 0 Å². The molecule has 2 saturated heterocycles. The molecule has 0 radical (unpaired) electrons. The van der Waals surface area contributed by atoms with Gasteiger partial charge in [0.2, 0.25) is 5.91 Å². The zero-order valence-corrected chi connectivity index (χ0v) is 23.1. The SMILES string of the molecule is CC(C)[C@H]1C(=O)NCCN1C[C@H]1CN(S(=O)(=O)c2cccs2)CCN1c1ccc(C(C)(O)C(F)(F)F)cc1. The second kappa shape index (κ2) is 10.8. The fraction of sp³-hybridized carbons (Fsp3) is 0.560. The van der Waals surface area contributed by atoms with Gasteiger partial charge in [-0.3, -0.25) is 9.69 Å². The minimum absolute atomic E-state index is 0.0298. The Morgan fingerprint density at radius 2 is 1.82 bits per heavy atom. The number of thiophene rings is 1. The van der Waals surface area contributed by atoms with E-state index >= 15 is 0 Å². The maximum atomic E-state index is 13.3. The van der Waals surface area contributed by atoms with Crippen molar-refractivity contribution in [3.8, 4) is 0 Å². The van der Waals surface area contributed by atoms with E-state index in [2.05, 4.69) is 10.2 Å². The highest BCUT2D eigenvalue weighted by atomic mass is 32.2. The molecule has 2 N–H and O–H groups in total. The van der Waals surface area contributed by atoms with E-state index in [1.807, 2.05) is 18.7 Å². The summed E-state index contributed by atoms with van der Waals surface area (Å²) in [5.41, 5.74) is -2.66. The minimum atomic E-state index is -4.83. The van der Waals surface area contributed by atoms with Gasteiger partial charge < -0.3 is 15.3 Å². The van der Waals surface area contributed by atoms with Gasteiger partial charge in [-0.05, 0) is 42.0 Å². The second-order valence-corrected chi connectivity index (χ2v) is 13.3. The summed E-state index contributed by atoms with van der Waals surface area (Å²) in [6.07, 6.45) is -4.83. The van der Waals surface area contributed by atoms with E-state index in [1.54, 1.807) is 17.5 Å². The molecule has 1 aromatic carbocycles. The van der Waals surface area contributed by atoms with Gasteiger partial charge in [0, 0.05) is 45.0 Å². The number of nitrogens with one attached hydrogen (secondary N) is 1. The fourth-order valence-corrected chi connectivity index (χ4v) is 7.77. The molecule has 2 fully saturated rings. The van der Waals surface area contributed by atoms with Crippen LogP contribution in [-0.4, -0.2) is 86.2 Å². The van der Waals surface area contributed by atoms with Crippen molar-refractivity contribution in [2.75, 3.05) is 44.2 Å². The number of hydrogen-bond donors (Lipinski definition) is 2. The molecule has 0 saturated carbocycles. The Kier molecular flexibility index (Phi) is 8.16. The molecule has 1 aromatic heterocycles. The number of sulfonamides is 1. The average Bonchev–Trinajstić information content (AvgIpc) is 3.39. The zero-order valence-electron chi connectivity index (χ0n) is 21.5. The number of carbonyl (C=O) groups is 1. The molecule has 38 heavy (non-hydrogen) atoms. The van der Waals surface area contributed by atoms with Crippen LogP contribution in [0.1, 0.15) is 26.3 Å². The van der Waals surface area contributed by atoms with E-state index in [1.165, 1.54) is 28.6 Å². The average molecular weight is 575 g/mol. The topological polar surface area (TPSA) is 93.2 Å². The standard InChI is InChI=1S/C25H33F3N4O4S2/c1-17(2)22-23(33)29-10-11-30(22)15-20-16-31(38(35,36)21-5-4-14-37-21)12-13-32(20)19-8-6-18(7-9-19)24(3,34)25(26,27)28/h4-9,14,17,20,22,34H,10-13,15-16H2,1-3H3,(H,29,33)/t20-,22-,24?/m0/s1. The molecule has 210 valence electrons. The quantitative estimate of drug-likeness (QED) is 0.529. The molecule has 0 bridgehead atoms. The van der Waals surface area contributed by atoms with E-state index in [-0.39, 0.29) is 46.8 Å². The molecule has 1 amide bonds. The van der Waals surface area contributed by atoms with Crippen LogP contribution >= 0.6 is 11.3 Å². The number of aliphatic hydroxyl groups is 1. The first kappa shape index (κ1) is 28.8. The number of anilines is 1. The highest BCUT2D eigenvalue weighted by Crippen LogP contribution is 2.39. The van der Waals surface area contributed by atoms with Gasteiger partial charge in [0.25, 0.3) is 10.0 Å². The Bertz CT molecular complexity index is 1220. The molecule has 1 unspecified atom stereocenters. The normalized spacial score (nSPS) is 23.9. The van der Waals surface area contributed by atoms with Crippen LogP contribution in [0, 0.1) is 5.92 Å². The summed E-state index contributed by atoms with van der Waals surface area (Å²) in [6, 6.07) is 8.06. The largest absolute Gasteiger partial charge is 0.421 e. The minimum Gasteiger partial charge on any atom is -0.376 e. The number of halogens is 3. The number of hydrogen-bond acceptors (Lipinski definition) is 7. The zero-order chi connectivity index (χ0) is 27.9. The number of benzene rings is 1. The van der Waals surface area contributed by atoms with Crippen molar-refractivity contribution in [2.45, 2.75) is 48.8 Å². The summed E-state index contributed by atoms with van der Waals surface area (Å²) in [6.45, 7) is 6.78. The van der Waals surface area contributed by atoms with Crippen LogP contribution in [-0.2, 0) is 20.4 Å². The Hall–Kier alpha value is -2.19. The fourth-order valence-electron chi connectivity index (χ4n) is 5.15. The summed E-state index contributed by atoms with van der Waals surface area (Å²) in [5, 5.41) is 14.7. The molecule has 2 aliphatic rings. The van der Waals surface area contributed by atoms with Crippen molar-refractivity contribution < 1.29 is 31.5 Å². The van der Waals surface area contributed by atoms with Gasteiger partial charge in [-0.25, -0.2) is 8.42 Å². The number of alkyl halides is 3. The molecule has 0 aliphatic carbocycles. The highest BCUT2D eigenvalue weighted by molar-refractivity contribution is 7.91. The smallest absolute Gasteiger partial charge is 0.376 e. The number of rotatable bonds is 7. The lowest BCUT2D eigenvalue weighted by Crippen LogP contribution is -2.63. The van der Waals surface area contributed by atoms with Gasteiger partial charge >= 0.3 is 6.18 Å². The van der Waals surface area contributed by atoms with Gasteiger partial charge in [0.1, 0.15) is 4.21 Å². The predicted octanol–water partition coefficient (Wildman–Crippen LogP) is 2.85. The number of piperazine rings is 2. The van der Waals surface area contributed by atoms with Crippen molar-refractivity contribution in [3.63, 3.8) is 0 Å². The van der Waals surface area contributed by atoms with Gasteiger partial charge in [-0.1, -0.05) is 32.0 Å². The van der Waals surface area contributed by atoms with E-state index < -0.39 is 21.8 Å². The van der Waals surface area contributed by atoms with Crippen molar-refractivity contribution in [1.82, 2.24) is 14.5 Å². The molecule has 2 aromatic rings. The van der Waals surface area contributed by atoms with E-state index in [0.717, 1.165) is 11.3 Å². The van der Waals surface area contributed by atoms with Crippen LogP contribution in [0.25, 0.3) is 0 Å². The third-order valence-electron chi connectivity index (χ3n) is 7.28. The highest BCUT2D eigenvalue weighted by Gasteiger charge is 2.51. The Morgan fingerprint density at radius 3 is 2.39 bits per heavy atom. The molecule has 8 nitrogen and oxygen atoms in total. The third-order valence-corrected chi connectivity index (χ3v) is 10.5. The third kappa shape index (κ3) is 5.57. The van der Waals surface area contributed by atoms with Gasteiger partial charge in [-0.15, -0.1) is 11.3 Å². The molecule has 3 heterocycles. The van der Waals surface area contributed by atoms with Crippen molar-refractivity contribution in [1.29, 1.82) is 0 Å². The molecule has 3 atom stereocenters. The summed E-state index contributed by atoms with van der Waals surface area (Å²) < 4.78 is 68.3. The number of amides is 1. The molecular weight excluding hydrogens is 541 g/mol. The second-order valence-electron chi connectivity index (χ2n) is 10.2. The van der Waals surface area contributed by atoms with E-state index in [0.29, 0.717) is 38.8 Å². The first-order chi connectivity index (χ1) is 17.7. The Balaban J connectivity index is 1.64. The lowest BCUT2D eigenvalue weighted by molar-refractivity contribution is -0.258. The van der Waals surface area contributed by atoms with Crippen molar-refractivity contribution in [3.05, 3.63) is 47.3 Å². The summed E-state index contributed by atoms with van der Waals surface area (Å²) in [7, 11) is -3.71. The van der Waals surface area contributed by atoms with Crippen molar-refractivity contribution in [2.24, 2.45) is 5.92 Å². The summed E-state index contributed by atoms with van der Waals surface area (Å²) >= 11 is 1.15. The molecule has 4 rings (SSSR count). The molecule has 0 spiro atoms. The Morgan fingerprint density at radius 1 is 1.13 bits per heavy atom.